The number of amides is 1. The first-order valence-corrected chi connectivity index (χ1v) is 6.32. The lowest BCUT2D eigenvalue weighted by atomic mass is 10.00. The maximum Gasteiger partial charge on any atom is 0.274 e. The molecule has 1 amide bonds. The highest BCUT2D eigenvalue weighted by atomic mass is 35.5. The lowest BCUT2D eigenvalue weighted by Crippen LogP contribution is -2.47. The number of carbonyl (C=O) groups is 1. The first-order valence-electron chi connectivity index (χ1n) is 5.94. The van der Waals surface area contributed by atoms with Crippen LogP contribution in [0.2, 0.25) is 5.02 Å². The van der Waals surface area contributed by atoms with Gasteiger partial charge in [-0.3, -0.25) is 9.89 Å². The molecule has 1 aliphatic rings. The van der Waals surface area contributed by atoms with Gasteiger partial charge in [0.2, 0.25) is 0 Å². The highest BCUT2D eigenvalue weighted by molar-refractivity contribution is 6.33. The van der Waals surface area contributed by atoms with Gasteiger partial charge in [-0.1, -0.05) is 29.8 Å². The van der Waals surface area contributed by atoms with Crippen molar-refractivity contribution in [3.8, 4) is 0 Å². The monoisotopic (exact) mass is 265 g/mol. The van der Waals surface area contributed by atoms with Crippen LogP contribution in [0.3, 0.4) is 0 Å². The number of carbonyl (C=O) groups excluding carboxylic acids is 1. The Hall–Kier alpha value is -1.55. The van der Waals surface area contributed by atoms with Gasteiger partial charge < -0.3 is 4.90 Å². The molecule has 1 N–H and O–H groups in total. The summed E-state index contributed by atoms with van der Waals surface area (Å²) < 4.78 is 0. The van der Waals surface area contributed by atoms with E-state index in [0.717, 1.165) is 12.8 Å². The van der Waals surface area contributed by atoms with E-state index >= 15 is 0 Å². The molecule has 0 aromatic carbocycles. The predicted molar refractivity (Wildman–Crippen MR) is 71.6 cm³/mol. The number of halogens is 1. The summed E-state index contributed by atoms with van der Waals surface area (Å²) in [6.07, 6.45) is 9.03. The zero-order chi connectivity index (χ0) is 13.1. The Labute approximate surface area is 111 Å². The molecule has 0 unspecified atom stereocenters. The van der Waals surface area contributed by atoms with Crippen LogP contribution in [0.15, 0.2) is 31.0 Å². The van der Waals surface area contributed by atoms with Crippen LogP contribution in [-0.4, -0.2) is 33.1 Å². The molecule has 18 heavy (non-hydrogen) atoms. The standard InChI is InChI=1S/C13H16ClN3O/c1-3-5-10-7-4-6-9(2)17(10)13(18)12-11(14)8-15-16-12/h3-4,6,8-10H,1,5,7H2,2H3,(H,15,16)/t9-,10-/m1/s1. The molecular weight excluding hydrogens is 250 g/mol. The molecule has 2 atom stereocenters. The summed E-state index contributed by atoms with van der Waals surface area (Å²) >= 11 is 5.95. The smallest absolute Gasteiger partial charge is 0.274 e. The van der Waals surface area contributed by atoms with Crippen molar-refractivity contribution in [1.29, 1.82) is 0 Å². The molecule has 4 nitrogen and oxygen atoms in total. The van der Waals surface area contributed by atoms with Crippen LogP contribution >= 0.6 is 11.6 Å². The molecule has 0 aliphatic carbocycles. The molecule has 0 spiro atoms. The highest BCUT2D eigenvalue weighted by Gasteiger charge is 2.30. The molecule has 0 saturated heterocycles. The minimum Gasteiger partial charge on any atom is -0.328 e. The van der Waals surface area contributed by atoms with E-state index in [9.17, 15) is 4.79 Å². The Morgan fingerprint density at radius 1 is 1.78 bits per heavy atom. The maximum absolute atomic E-state index is 12.5. The van der Waals surface area contributed by atoms with Crippen molar-refractivity contribution in [3.63, 3.8) is 0 Å². The summed E-state index contributed by atoms with van der Waals surface area (Å²) in [5.41, 5.74) is 0.355. The Balaban J connectivity index is 2.28. The molecule has 1 aliphatic heterocycles. The lowest BCUT2D eigenvalue weighted by molar-refractivity contribution is 0.0616. The van der Waals surface area contributed by atoms with Crippen molar-refractivity contribution in [3.05, 3.63) is 41.7 Å². The van der Waals surface area contributed by atoms with Gasteiger partial charge in [0.25, 0.3) is 5.91 Å². The Kier molecular flexibility index (Phi) is 3.87. The van der Waals surface area contributed by atoms with Gasteiger partial charge in [0.15, 0.2) is 0 Å². The average Bonchev–Trinajstić information content (AvgIpc) is 2.75. The number of H-pyrrole nitrogens is 1. The first kappa shape index (κ1) is 12.9. The van der Waals surface area contributed by atoms with Gasteiger partial charge in [-0.15, -0.1) is 6.58 Å². The van der Waals surface area contributed by atoms with Gasteiger partial charge in [-0.2, -0.15) is 5.10 Å². The molecule has 0 radical (unpaired) electrons. The third-order valence-corrected chi connectivity index (χ3v) is 3.42. The topological polar surface area (TPSA) is 49.0 Å². The molecule has 1 aromatic rings. The second kappa shape index (κ2) is 5.40. The zero-order valence-corrected chi connectivity index (χ0v) is 11.0. The summed E-state index contributed by atoms with van der Waals surface area (Å²) in [7, 11) is 0. The highest BCUT2D eigenvalue weighted by Crippen LogP contribution is 2.24. The summed E-state index contributed by atoms with van der Waals surface area (Å²) in [6.45, 7) is 5.74. The molecule has 0 saturated carbocycles. The van der Waals surface area contributed by atoms with Crippen molar-refractivity contribution in [1.82, 2.24) is 15.1 Å². The third-order valence-electron chi connectivity index (χ3n) is 3.14. The Morgan fingerprint density at radius 2 is 2.56 bits per heavy atom. The van der Waals surface area contributed by atoms with E-state index in [0.29, 0.717) is 10.7 Å². The average molecular weight is 266 g/mol. The maximum atomic E-state index is 12.5. The van der Waals surface area contributed by atoms with Crippen LogP contribution in [0, 0.1) is 0 Å². The largest absolute Gasteiger partial charge is 0.328 e. The minimum atomic E-state index is -0.110. The number of rotatable bonds is 3. The van der Waals surface area contributed by atoms with E-state index in [1.54, 1.807) is 0 Å². The van der Waals surface area contributed by atoms with Gasteiger partial charge >= 0.3 is 0 Å². The fourth-order valence-corrected chi connectivity index (χ4v) is 2.45. The van der Waals surface area contributed by atoms with Crippen LogP contribution in [0.1, 0.15) is 30.3 Å². The molecule has 0 fully saturated rings. The normalized spacial score (nSPS) is 23.1. The molecule has 1 aromatic heterocycles. The van der Waals surface area contributed by atoms with Crippen molar-refractivity contribution in [2.24, 2.45) is 0 Å². The van der Waals surface area contributed by atoms with Crippen molar-refractivity contribution >= 4 is 17.5 Å². The van der Waals surface area contributed by atoms with Crippen molar-refractivity contribution in [2.45, 2.75) is 31.8 Å². The Morgan fingerprint density at radius 3 is 3.17 bits per heavy atom. The van der Waals surface area contributed by atoms with Gasteiger partial charge in [-0.05, 0) is 19.8 Å². The molecule has 2 heterocycles. The number of hydrogen-bond acceptors (Lipinski definition) is 2. The van der Waals surface area contributed by atoms with Gasteiger partial charge in [0.1, 0.15) is 5.69 Å². The second-order valence-corrected chi connectivity index (χ2v) is 4.80. The molecule has 2 rings (SSSR count). The summed E-state index contributed by atoms with van der Waals surface area (Å²) in [4.78, 5) is 14.3. The number of nitrogens with zero attached hydrogens (tertiary/aromatic N) is 2. The predicted octanol–water partition coefficient (Wildman–Crippen LogP) is 2.80. The Bertz CT molecular complexity index is 480. The quantitative estimate of drug-likeness (QED) is 0.855. The van der Waals surface area contributed by atoms with E-state index in [4.69, 9.17) is 11.6 Å². The fourth-order valence-electron chi connectivity index (χ4n) is 2.27. The van der Waals surface area contributed by atoms with Gasteiger partial charge in [-0.25, -0.2) is 0 Å². The SMILES string of the molecule is C=CC[C@@H]1CC=C[C@@H](C)N1C(=O)c1[nH]ncc1Cl. The van der Waals surface area contributed by atoms with Crippen molar-refractivity contribution < 1.29 is 4.79 Å². The van der Waals surface area contributed by atoms with Crippen LogP contribution in [0.5, 0.6) is 0 Å². The minimum absolute atomic E-state index is 0.0515. The molecular formula is C13H16ClN3O. The fraction of sp³-hybridized carbons (Fsp3) is 0.385. The number of aromatic amines is 1. The van der Waals surface area contributed by atoms with Gasteiger partial charge in [0, 0.05) is 12.1 Å². The molecule has 0 bridgehead atoms. The van der Waals surface area contributed by atoms with E-state index in [1.807, 2.05) is 24.0 Å². The second-order valence-electron chi connectivity index (χ2n) is 4.39. The third kappa shape index (κ3) is 2.34. The number of aromatic nitrogens is 2. The van der Waals surface area contributed by atoms with E-state index in [-0.39, 0.29) is 18.0 Å². The first-order chi connectivity index (χ1) is 8.65. The van der Waals surface area contributed by atoms with Crippen LogP contribution in [-0.2, 0) is 0 Å². The lowest BCUT2D eigenvalue weighted by Gasteiger charge is -2.37. The molecule has 96 valence electrons. The molecule has 5 heteroatoms. The number of hydrogen-bond donors (Lipinski definition) is 1. The summed E-state index contributed by atoms with van der Waals surface area (Å²) in [5, 5.41) is 6.81. The summed E-state index contributed by atoms with van der Waals surface area (Å²) in [6, 6.07) is 0.185. The van der Waals surface area contributed by atoms with E-state index < -0.39 is 0 Å². The van der Waals surface area contributed by atoms with Crippen molar-refractivity contribution in [2.75, 3.05) is 0 Å². The zero-order valence-electron chi connectivity index (χ0n) is 10.3. The van der Waals surface area contributed by atoms with Crippen LogP contribution in [0.25, 0.3) is 0 Å². The summed E-state index contributed by atoms with van der Waals surface area (Å²) in [5.74, 6) is -0.110. The van der Waals surface area contributed by atoms with Gasteiger partial charge in [0.05, 0.1) is 11.2 Å². The van der Waals surface area contributed by atoms with Crippen LogP contribution in [0.4, 0.5) is 0 Å². The van der Waals surface area contributed by atoms with E-state index in [1.165, 1.54) is 6.20 Å². The van der Waals surface area contributed by atoms with Crippen LogP contribution < -0.4 is 0 Å². The number of nitrogens with one attached hydrogen (secondary N) is 1. The van der Waals surface area contributed by atoms with E-state index in [2.05, 4.69) is 22.9 Å².